The standard InChI is InChI=1S/C20H25N3O2/c24-17(11-16-13-7-3-4-8-15(13)22-23-16)21-19-14-9-10-25-20(14)18(19)12-5-1-2-6-12/h3-4,7-8,12,14,18-20H,1-2,5-6,9-11H2,(H,21,24)(H,22,23)/t14-,18+,19-,20-/m0/s1. The predicted molar refractivity (Wildman–Crippen MR) is 95.0 cm³/mol. The summed E-state index contributed by atoms with van der Waals surface area (Å²) < 4.78 is 5.98. The Kier molecular flexibility index (Phi) is 3.77. The van der Waals surface area contributed by atoms with Crippen LogP contribution in [0.3, 0.4) is 0 Å². The highest BCUT2D eigenvalue weighted by molar-refractivity contribution is 5.87. The van der Waals surface area contributed by atoms with E-state index >= 15 is 0 Å². The van der Waals surface area contributed by atoms with Crippen LogP contribution >= 0.6 is 0 Å². The molecule has 2 saturated carbocycles. The van der Waals surface area contributed by atoms with E-state index in [1.165, 1.54) is 25.7 Å². The van der Waals surface area contributed by atoms with Gasteiger partial charge < -0.3 is 10.1 Å². The molecule has 2 N–H and O–H groups in total. The van der Waals surface area contributed by atoms with E-state index in [9.17, 15) is 4.79 Å². The maximum atomic E-state index is 12.7. The van der Waals surface area contributed by atoms with Crippen molar-refractivity contribution in [2.45, 2.75) is 50.7 Å². The molecule has 1 amide bonds. The topological polar surface area (TPSA) is 67.0 Å². The minimum atomic E-state index is 0.104. The zero-order chi connectivity index (χ0) is 16.8. The number of H-pyrrole nitrogens is 1. The van der Waals surface area contributed by atoms with Gasteiger partial charge in [0.05, 0.1) is 23.7 Å². The Morgan fingerprint density at radius 2 is 2.08 bits per heavy atom. The third-order valence-electron chi connectivity index (χ3n) is 6.59. The molecule has 1 aromatic carbocycles. The lowest BCUT2D eigenvalue weighted by molar-refractivity contribution is -0.129. The minimum Gasteiger partial charge on any atom is -0.377 e. The van der Waals surface area contributed by atoms with Crippen LogP contribution in [0.2, 0.25) is 0 Å². The fraction of sp³-hybridized carbons (Fsp3) is 0.600. The summed E-state index contributed by atoms with van der Waals surface area (Å²) in [5, 5.41) is 11.7. The smallest absolute Gasteiger partial charge is 0.226 e. The zero-order valence-corrected chi connectivity index (χ0v) is 14.4. The van der Waals surface area contributed by atoms with E-state index in [1.54, 1.807) is 0 Å². The average molecular weight is 339 g/mol. The Hall–Kier alpha value is -1.88. The van der Waals surface area contributed by atoms with Gasteiger partial charge in [0.1, 0.15) is 0 Å². The van der Waals surface area contributed by atoms with Gasteiger partial charge >= 0.3 is 0 Å². The number of nitrogens with one attached hydrogen (secondary N) is 2. The van der Waals surface area contributed by atoms with Crippen LogP contribution in [-0.4, -0.2) is 34.9 Å². The normalized spacial score (nSPS) is 31.8. The van der Waals surface area contributed by atoms with E-state index in [2.05, 4.69) is 15.5 Å². The molecule has 0 bridgehead atoms. The highest BCUT2D eigenvalue weighted by Crippen LogP contribution is 2.51. The molecule has 0 spiro atoms. The van der Waals surface area contributed by atoms with Crippen LogP contribution in [0.1, 0.15) is 37.8 Å². The van der Waals surface area contributed by atoms with E-state index in [0.717, 1.165) is 35.5 Å². The fourth-order valence-corrected chi connectivity index (χ4v) is 5.41. The second-order valence-corrected chi connectivity index (χ2v) is 7.90. The van der Waals surface area contributed by atoms with Gasteiger partial charge in [-0.05, 0) is 18.4 Å². The molecular formula is C20H25N3O2. The van der Waals surface area contributed by atoms with Crippen LogP contribution < -0.4 is 5.32 Å². The van der Waals surface area contributed by atoms with Crippen molar-refractivity contribution in [1.29, 1.82) is 0 Å². The molecule has 25 heavy (non-hydrogen) atoms. The van der Waals surface area contributed by atoms with E-state index in [4.69, 9.17) is 4.74 Å². The summed E-state index contributed by atoms with van der Waals surface area (Å²) in [7, 11) is 0. The van der Waals surface area contributed by atoms with Crippen LogP contribution in [0.25, 0.3) is 10.9 Å². The second-order valence-electron chi connectivity index (χ2n) is 7.90. The highest BCUT2D eigenvalue weighted by Gasteiger charge is 2.56. The van der Waals surface area contributed by atoms with E-state index in [-0.39, 0.29) is 5.91 Å². The lowest BCUT2D eigenvalue weighted by atomic mass is 9.61. The number of aromatic amines is 1. The van der Waals surface area contributed by atoms with Gasteiger partial charge in [-0.3, -0.25) is 9.89 Å². The first-order valence-electron chi connectivity index (χ1n) is 9.64. The van der Waals surface area contributed by atoms with E-state index in [1.807, 2.05) is 24.3 Å². The molecule has 2 aromatic rings. The molecule has 4 atom stereocenters. The first kappa shape index (κ1) is 15.4. The molecule has 2 heterocycles. The number of hydrogen-bond donors (Lipinski definition) is 2. The summed E-state index contributed by atoms with van der Waals surface area (Å²) in [4.78, 5) is 12.7. The molecule has 132 valence electrons. The molecule has 5 heteroatoms. The largest absolute Gasteiger partial charge is 0.377 e. The molecule has 3 aliphatic rings. The van der Waals surface area contributed by atoms with Crippen LogP contribution in [-0.2, 0) is 16.0 Å². The van der Waals surface area contributed by atoms with E-state index in [0.29, 0.717) is 30.4 Å². The average Bonchev–Trinajstić information content (AvgIpc) is 3.35. The lowest BCUT2D eigenvalue weighted by Gasteiger charge is -2.50. The van der Waals surface area contributed by atoms with Crippen molar-refractivity contribution in [2.24, 2.45) is 17.8 Å². The number of rotatable bonds is 4. The molecular weight excluding hydrogens is 314 g/mol. The maximum Gasteiger partial charge on any atom is 0.226 e. The van der Waals surface area contributed by atoms with Gasteiger partial charge in [0, 0.05) is 29.9 Å². The number of para-hydroxylation sites is 1. The zero-order valence-electron chi connectivity index (χ0n) is 14.4. The molecule has 0 radical (unpaired) electrons. The second kappa shape index (κ2) is 6.13. The summed E-state index contributed by atoms with van der Waals surface area (Å²) >= 11 is 0. The number of benzene rings is 1. The van der Waals surface area contributed by atoms with Gasteiger partial charge in [0.15, 0.2) is 0 Å². The Morgan fingerprint density at radius 3 is 2.96 bits per heavy atom. The van der Waals surface area contributed by atoms with Gasteiger partial charge in [0.2, 0.25) is 5.91 Å². The third-order valence-corrected chi connectivity index (χ3v) is 6.59. The Balaban J connectivity index is 1.29. The fourth-order valence-electron chi connectivity index (χ4n) is 5.41. The Morgan fingerprint density at radius 1 is 1.24 bits per heavy atom. The summed E-state index contributed by atoms with van der Waals surface area (Å²) in [5.41, 5.74) is 1.83. The first-order chi connectivity index (χ1) is 12.3. The van der Waals surface area contributed by atoms with Gasteiger partial charge in [-0.15, -0.1) is 0 Å². The number of fused-ring (bicyclic) bond motifs is 2. The molecule has 5 nitrogen and oxygen atoms in total. The number of nitrogens with zero attached hydrogens (tertiary/aromatic N) is 1. The Bertz CT molecular complexity index is 775. The molecule has 1 aliphatic heterocycles. The van der Waals surface area contributed by atoms with Crippen molar-refractivity contribution in [3.05, 3.63) is 30.0 Å². The van der Waals surface area contributed by atoms with Crippen molar-refractivity contribution in [1.82, 2.24) is 15.5 Å². The predicted octanol–water partition coefficient (Wildman–Crippen LogP) is 2.82. The number of carbonyl (C=O) groups excluding carboxylic acids is 1. The lowest BCUT2D eigenvalue weighted by Crippen LogP contribution is -2.63. The monoisotopic (exact) mass is 339 g/mol. The maximum absolute atomic E-state index is 12.7. The summed E-state index contributed by atoms with van der Waals surface area (Å²) in [6.45, 7) is 0.857. The molecule has 1 saturated heterocycles. The summed E-state index contributed by atoms with van der Waals surface area (Å²) in [6.07, 6.45) is 7.11. The number of carbonyl (C=O) groups is 1. The molecule has 2 aliphatic carbocycles. The summed E-state index contributed by atoms with van der Waals surface area (Å²) in [6, 6.07) is 8.25. The first-order valence-corrected chi connectivity index (χ1v) is 9.64. The van der Waals surface area contributed by atoms with Gasteiger partial charge in [-0.1, -0.05) is 43.9 Å². The molecule has 3 fully saturated rings. The van der Waals surface area contributed by atoms with Crippen molar-refractivity contribution in [3.8, 4) is 0 Å². The molecule has 5 rings (SSSR count). The highest BCUT2D eigenvalue weighted by atomic mass is 16.5. The van der Waals surface area contributed by atoms with Crippen molar-refractivity contribution in [3.63, 3.8) is 0 Å². The number of ether oxygens (including phenoxy) is 1. The van der Waals surface area contributed by atoms with Crippen LogP contribution in [0.5, 0.6) is 0 Å². The van der Waals surface area contributed by atoms with Gasteiger partial charge in [-0.2, -0.15) is 5.10 Å². The molecule has 0 unspecified atom stereocenters. The van der Waals surface area contributed by atoms with Crippen molar-refractivity contribution < 1.29 is 9.53 Å². The van der Waals surface area contributed by atoms with Crippen molar-refractivity contribution in [2.75, 3.05) is 6.61 Å². The quantitative estimate of drug-likeness (QED) is 0.900. The minimum absolute atomic E-state index is 0.104. The van der Waals surface area contributed by atoms with Crippen molar-refractivity contribution >= 4 is 16.8 Å². The van der Waals surface area contributed by atoms with Gasteiger partial charge in [-0.25, -0.2) is 0 Å². The van der Waals surface area contributed by atoms with Crippen LogP contribution in [0.15, 0.2) is 24.3 Å². The van der Waals surface area contributed by atoms with Gasteiger partial charge in [0.25, 0.3) is 0 Å². The molecule has 1 aromatic heterocycles. The SMILES string of the molecule is O=C(Cc1[nH]nc2ccccc12)N[C@H]1[C@@H]2CCO[C@@H]2[C@@H]1C1CCCC1. The Labute approximate surface area is 147 Å². The van der Waals surface area contributed by atoms with E-state index < -0.39 is 0 Å². The van der Waals surface area contributed by atoms with Crippen LogP contribution in [0, 0.1) is 17.8 Å². The van der Waals surface area contributed by atoms with Crippen LogP contribution in [0.4, 0.5) is 0 Å². The summed E-state index contributed by atoms with van der Waals surface area (Å²) in [5.74, 6) is 1.89. The number of aromatic nitrogens is 2. The number of amides is 1. The number of hydrogen-bond acceptors (Lipinski definition) is 3. The third kappa shape index (κ3) is 2.56.